The van der Waals surface area contributed by atoms with Gasteiger partial charge >= 0.3 is 5.97 Å². The van der Waals surface area contributed by atoms with Gasteiger partial charge in [-0.1, -0.05) is 12.1 Å². The fraction of sp³-hybridized carbons (Fsp3) is 0.394. The SMILES string of the molecule is COCOc1c(C)cc(Oc2ccc(NC(=O)COc3ccc(CC4OC(C)(C)OC4=O)cc3)c(N(C)C)c2)c(C)c1C. The largest absolute Gasteiger partial charge is 0.484 e. The molecule has 0 aromatic heterocycles. The number of amides is 1. The zero-order valence-electron chi connectivity index (χ0n) is 26.0. The Balaban J connectivity index is 1.37. The smallest absolute Gasteiger partial charge is 0.338 e. The lowest BCUT2D eigenvalue weighted by molar-refractivity contribution is -0.160. The van der Waals surface area contributed by atoms with Crippen LogP contribution in [0.1, 0.15) is 36.1 Å². The third-order valence-electron chi connectivity index (χ3n) is 7.00. The van der Waals surface area contributed by atoms with Gasteiger partial charge in [0.2, 0.25) is 5.79 Å². The van der Waals surface area contributed by atoms with Crippen molar-refractivity contribution in [3.8, 4) is 23.0 Å². The van der Waals surface area contributed by atoms with Crippen molar-refractivity contribution in [2.75, 3.05) is 44.8 Å². The highest BCUT2D eigenvalue weighted by atomic mass is 16.8. The molecule has 0 bridgehead atoms. The summed E-state index contributed by atoms with van der Waals surface area (Å²) >= 11 is 0. The highest BCUT2D eigenvalue weighted by Crippen LogP contribution is 2.37. The second kappa shape index (κ2) is 13.4. The minimum atomic E-state index is -0.915. The first-order valence-electron chi connectivity index (χ1n) is 14.0. The number of hydrogen-bond acceptors (Lipinski definition) is 9. The summed E-state index contributed by atoms with van der Waals surface area (Å²) in [5, 5.41) is 2.92. The van der Waals surface area contributed by atoms with Crippen LogP contribution in [0.25, 0.3) is 0 Å². The summed E-state index contributed by atoms with van der Waals surface area (Å²) in [7, 11) is 5.38. The Morgan fingerprint density at radius 1 is 0.977 bits per heavy atom. The Hall–Kier alpha value is -4.28. The van der Waals surface area contributed by atoms with Crippen molar-refractivity contribution in [2.24, 2.45) is 0 Å². The summed E-state index contributed by atoms with van der Waals surface area (Å²) in [6.45, 7) is 9.36. The van der Waals surface area contributed by atoms with Gasteiger partial charge in [-0.15, -0.1) is 0 Å². The van der Waals surface area contributed by atoms with Crippen LogP contribution in [0.2, 0.25) is 0 Å². The average molecular weight is 593 g/mol. The maximum absolute atomic E-state index is 12.8. The monoisotopic (exact) mass is 592 g/mol. The molecule has 230 valence electrons. The van der Waals surface area contributed by atoms with E-state index in [4.69, 9.17) is 28.4 Å². The van der Waals surface area contributed by atoms with Crippen LogP contribution in [-0.2, 0) is 30.2 Å². The Morgan fingerprint density at radius 3 is 2.30 bits per heavy atom. The normalized spacial score (nSPS) is 15.5. The van der Waals surface area contributed by atoms with Crippen LogP contribution < -0.4 is 24.4 Å². The van der Waals surface area contributed by atoms with Crippen molar-refractivity contribution in [3.63, 3.8) is 0 Å². The number of cyclic esters (lactones) is 1. The van der Waals surface area contributed by atoms with Crippen LogP contribution in [0.4, 0.5) is 11.4 Å². The first-order chi connectivity index (χ1) is 20.4. The number of carbonyl (C=O) groups excluding carboxylic acids is 2. The summed E-state index contributed by atoms with van der Waals surface area (Å²) in [5.74, 6) is 1.07. The number of aryl methyl sites for hydroxylation is 1. The predicted molar refractivity (Wildman–Crippen MR) is 163 cm³/mol. The molecule has 10 heteroatoms. The van der Waals surface area contributed by atoms with Crippen LogP contribution in [0, 0.1) is 20.8 Å². The first kappa shape index (κ1) is 31.7. The van der Waals surface area contributed by atoms with Gasteiger partial charge < -0.3 is 38.6 Å². The highest BCUT2D eigenvalue weighted by molar-refractivity contribution is 5.95. The van der Waals surface area contributed by atoms with Gasteiger partial charge in [0.15, 0.2) is 19.5 Å². The molecule has 4 rings (SSSR count). The van der Waals surface area contributed by atoms with E-state index in [1.165, 1.54) is 0 Å². The molecule has 1 aliphatic heterocycles. The van der Waals surface area contributed by atoms with Crippen molar-refractivity contribution < 1.29 is 38.0 Å². The molecule has 1 unspecified atom stereocenters. The molecule has 0 saturated carbocycles. The molecule has 3 aromatic rings. The number of ether oxygens (including phenoxy) is 6. The van der Waals surface area contributed by atoms with Gasteiger partial charge in [0.05, 0.1) is 11.4 Å². The fourth-order valence-electron chi connectivity index (χ4n) is 4.76. The quantitative estimate of drug-likeness (QED) is 0.210. The van der Waals surface area contributed by atoms with E-state index in [9.17, 15) is 9.59 Å². The molecule has 1 atom stereocenters. The number of hydrogen-bond donors (Lipinski definition) is 1. The zero-order chi connectivity index (χ0) is 31.3. The molecule has 1 fully saturated rings. The van der Waals surface area contributed by atoms with Crippen LogP contribution in [0.3, 0.4) is 0 Å². The Morgan fingerprint density at radius 2 is 1.67 bits per heavy atom. The van der Waals surface area contributed by atoms with Crippen LogP contribution in [-0.4, -0.2) is 58.4 Å². The lowest BCUT2D eigenvalue weighted by Gasteiger charge is -2.21. The number of rotatable bonds is 12. The molecule has 1 heterocycles. The van der Waals surface area contributed by atoms with E-state index in [0.717, 1.165) is 39.4 Å². The Kier molecular flexibility index (Phi) is 9.83. The number of carbonyl (C=O) groups is 2. The standard InChI is InChI=1S/C33H40N2O8/c1-20-15-28(21(2)22(3)31(20)40-19-38-8)41-25-13-14-26(27(17-25)35(6)7)34-30(36)18-39-24-11-9-23(10-12-24)16-29-32(37)43-33(4,5)42-29/h9-15,17,29H,16,18-19H2,1-8H3,(H,34,36). The first-order valence-corrected chi connectivity index (χ1v) is 14.0. The number of methoxy groups -OCH3 is 1. The van der Waals surface area contributed by atoms with E-state index in [0.29, 0.717) is 23.6 Å². The van der Waals surface area contributed by atoms with Crippen molar-refractivity contribution in [3.05, 3.63) is 70.8 Å². The summed E-state index contributed by atoms with van der Waals surface area (Å²) in [4.78, 5) is 26.7. The number of nitrogens with one attached hydrogen (secondary N) is 1. The summed E-state index contributed by atoms with van der Waals surface area (Å²) in [5.41, 5.74) is 5.18. The topological polar surface area (TPSA) is 105 Å². The van der Waals surface area contributed by atoms with Crippen LogP contribution in [0.5, 0.6) is 23.0 Å². The number of benzene rings is 3. The van der Waals surface area contributed by atoms with Crippen LogP contribution >= 0.6 is 0 Å². The lowest BCUT2D eigenvalue weighted by atomic mass is 10.0. The van der Waals surface area contributed by atoms with E-state index in [1.807, 2.05) is 70.1 Å². The number of nitrogens with zero attached hydrogens (tertiary/aromatic N) is 1. The molecular formula is C33H40N2O8. The summed E-state index contributed by atoms with van der Waals surface area (Å²) in [6, 6.07) is 14.6. The van der Waals surface area contributed by atoms with Gasteiger partial charge in [-0.25, -0.2) is 4.79 Å². The number of esters is 1. The number of anilines is 2. The Labute approximate surface area is 252 Å². The van der Waals surface area contributed by atoms with Crippen molar-refractivity contribution in [2.45, 2.75) is 52.9 Å². The summed E-state index contributed by atoms with van der Waals surface area (Å²) < 4.78 is 33.6. The molecule has 3 aromatic carbocycles. The van der Waals surface area contributed by atoms with Gasteiger partial charge in [0, 0.05) is 47.5 Å². The molecule has 1 saturated heterocycles. The molecule has 1 amide bonds. The van der Waals surface area contributed by atoms with Gasteiger partial charge in [-0.3, -0.25) is 4.79 Å². The average Bonchev–Trinajstić information content (AvgIpc) is 3.22. The van der Waals surface area contributed by atoms with Gasteiger partial charge in [0.1, 0.15) is 23.0 Å². The van der Waals surface area contributed by atoms with E-state index >= 15 is 0 Å². The maximum atomic E-state index is 12.8. The molecule has 0 radical (unpaired) electrons. The second-order valence-corrected chi connectivity index (χ2v) is 11.1. The van der Waals surface area contributed by atoms with Gasteiger partial charge in [-0.2, -0.15) is 0 Å². The fourth-order valence-corrected chi connectivity index (χ4v) is 4.76. The third kappa shape index (κ3) is 7.97. The zero-order valence-corrected chi connectivity index (χ0v) is 26.0. The Bertz CT molecular complexity index is 1470. The molecule has 0 spiro atoms. The van der Waals surface area contributed by atoms with Gasteiger partial charge in [-0.05, 0) is 73.4 Å². The minimum absolute atomic E-state index is 0.173. The predicted octanol–water partition coefficient (Wildman–Crippen LogP) is 5.69. The highest BCUT2D eigenvalue weighted by Gasteiger charge is 2.40. The molecule has 0 aliphatic carbocycles. The summed E-state index contributed by atoms with van der Waals surface area (Å²) in [6.07, 6.45) is -0.253. The van der Waals surface area contributed by atoms with Crippen LogP contribution in [0.15, 0.2) is 48.5 Å². The van der Waals surface area contributed by atoms with Crippen molar-refractivity contribution >= 4 is 23.3 Å². The molecule has 10 nitrogen and oxygen atoms in total. The molecule has 1 N–H and O–H groups in total. The van der Waals surface area contributed by atoms with Crippen molar-refractivity contribution in [1.29, 1.82) is 0 Å². The molecule has 43 heavy (non-hydrogen) atoms. The molecular weight excluding hydrogens is 552 g/mol. The minimum Gasteiger partial charge on any atom is -0.484 e. The van der Waals surface area contributed by atoms with E-state index in [2.05, 4.69) is 5.32 Å². The maximum Gasteiger partial charge on any atom is 0.338 e. The second-order valence-electron chi connectivity index (χ2n) is 11.1. The third-order valence-corrected chi connectivity index (χ3v) is 7.00. The molecule has 1 aliphatic rings. The lowest BCUT2D eigenvalue weighted by Crippen LogP contribution is -2.22. The van der Waals surface area contributed by atoms with Crippen molar-refractivity contribution in [1.82, 2.24) is 0 Å². The van der Waals surface area contributed by atoms with Gasteiger partial charge in [0.25, 0.3) is 5.91 Å². The van der Waals surface area contributed by atoms with E-state index < -0.39 is 11.9 Å². The van der Waals surface area contributed by atoms with E-state index in [1.54, 1.807) is 39.2 Å². The van der Waals surface area contributed by atoms with E-state index in [-0.39, 0.29) is 25.3 Å².